The average Bonchev–Trinajstić information content (AvgIpc) is 2.93. The maximum absolute atomic E-state index is 15.0. The van der Waals surface area contributed by atoms with Crippen LogP contribution in [0.25, 0.3) is 5.57 Å². The molecule has 158 valence electrons. The van der Waals surface area contributed by atoms with Gasteiger partial charge in [-0.2, -0.15) is 0 Å². The van der Waals surface area contributed by atoms with E-state index in [0.29, 0.717) is 12.0 Å². The van der Waals surface area contributed by atoms with E-state index in [4.69, 9.17) is 15.6 Å². The zero-order valence-corrected chi connectivity index (χ0v) is 16.7. The molecular weight excluding hydrogens is 392 g/mol. The molecule has 0 fully saturated rings. The molecule has 5 nitrogen and oxygen atoms in total. The summed E-state index contributed by atoms with van der Waals surface area (Å²) in [5.41, 5.74) is 5.01. The first-order valence-electron chi connectivity index (χ1n) is 9.53. The molecule has 2 aromatic rings. The van der Waals surface area contributed by atoms with Crippen LogP contribution in [-0.2, 0) is 24.2 Å². The van der Waals surface area contributed by atoms with Gasteiger partial charge in [-0.1, -0.05) is 37.3 Å². The van der Waals surface area contributed by atoms with E-state index < -0.39 is 29.0 Å². The van der Waals surface area contributed by atoms with Gasteiger partial charge < -0.3 is 20.7 Å². The highest BCUT2D eigenvalue weighted by Crippen LogP contribution is 2.44. The molecule has 0 saturated heterocycles. The summed E-state index contributed by atoms with van der Waals surface area (Å²) in [4.78, 5) is 11.2. The molecule has 4 N–H and O–H groups in total. The Hall–Kier alpha value is -3.19. The molecule has 0 aliphatic heterocycles. The molecule has 0 radical (unpaired) electrons. The van der Waals surface area contributed by atoms with Crippen LogP contribution in [0, 0.1) is 5.82 Å². The molecule has 1 unspecified atom stereocenters. The monoisotopic (exact) mass is 415 g/mol. The van der Waals surface area contributed by atoms with Crippen LogP contribution < -0.4 is 10.5 Å². The van der Waals surface area contributed by atoms with Gasteiger partial charge in [0, 0.05) is 28.8 Å². The molecule has 0 spiro atoms. The lowest BCUT2D eigenvalue weighted by atomic mass is 9.99. The summed E-state index contributed by atoms with van der Waals surface area (Å²) in [6, 6.07) is 9.49. The molecule has 0 saturated carbocycles. The van der Waals surface area contributed by atoms with Gasteiger partial charge in [-0.15, -0.1) is 0 Å². The van der Waals surface area contributed by atoms with Crippen molar-refractivity contribution in [3.63, 3.8) is 0 Å². The third kappa shape index (κ3) is 3.80. The first kappa shape index (κ1) is 21.5. The Balaban J connectivity index is 2.07. The molecule has 0 bridgehead atoms. The minimum Gasteiger partial charge on any atom is -0.507 e. The van der Waals surface area contributed by atoms with E-state index in [9.17, 15) is 14.3 Å². The Morgan fingerprint density at radius 1 is 1.20 bits per heavy atom. The van der Waals surface area contributed by atoms with Crippen LogP contribution in [0.2, 0.25) is 0 Å². The van der Waals surface area contributed by atoms with Crippen LogP contribution >= 0.6 is 0 Å². The second-order valence-corrected chi connectivity index (χ2v) is 7.24. The Morgan fingerprint density at radius 2 is 1.93 bits per heavy atom. The van der Waals surface area contributed by atoms with Crippen LogP contribution in [0.4, 0.5) is 8.78 Å². The molecule has 0 aromatic heterocycles. The molecule has 1 aliphatic rings. The molecule has 0 heterocycles. The zero-order valence-electron chi connectivity index (χ0n) is 16.7. The largest absolute Gasteiger partial charge is 0.507 e. The Kier molecular flexibility index (Phi) is 5.94. The minimum absolute atomic E-state index is 0.00555. The number of benzene rings is 2. The fraction of sp³-hybridized carbons (Fsp3) is 0.261. The fourth-order valence-electron chi connectivity index (χ4n) is 3.39. The second kappa shape index (κ2) is 8.28. The van der Waals surface area contributed by atoms with Crippen molar-refractivity contribution >= 4 is 11.5 Å². The highest BCUT2D eigenvalue weighted by Gasteiger charge is 2.44. The lowest BCUT2D eigenvalue weighted by molar-refractivity contribution is -0.136. The Bertz CT molecular complexity index is 1060. The Labute approximate surface area is 173 Å². The minimum atomic E-state index is -1.92. The third-order valence-corrected chi connectivity index (χ3v) is 5.22. The van der Waals surface area contributed by atoms with Crippen molar-refractivity contribution in [2.45, 2.75) is 38.8 Å². The number of aliphatic carboxylic acids is 1. The lowest BCUT2D eigenvalue weighted by Crippen LogP contribution is -2.34. The SMILES string of the molecule is CCc1ccc(CC(=O)O)c(OC2(C)C(F)=CC(c3cccc(CN)c3F)=C2O)c1. The summed E-state index contributed by atoms with van der Waals surface area (Å²) < 4.78 is 35.6. The molecule has 3 rings (SSSR count). The normalized spacial score (nSPS) is 18.5. The van der Waals surface area contributed by atoms with Gasteiger partial charge in [0.15, 0.2) is 11.6 Å². The van der Waals surface area contributed by atoms with Crippen molar-refractivity contribution in [2.24, 2.45) is 5.73 Å². The highest BCUT2D eigenvalue weighted by atomic mass is 19.1. The zero-order chi connectivity index (χ0) is 22.1. The van der Waals surface area contributed by atoms with Gasteiger partial charge >= 0.3 is 5.97 Å². The number of carboxylic acid groups (broad SMARTS) is 1. The van der Waals surface area contributed by atoms with Gasteiger partial charge in [-0.25, -0.2) is 8.78 Å². The van der Waals surface area contributed by atoms with Gasteiger partial charge in [0.05, 0.1) is 6.42 Å². The van der Waals surface area contributed by atoms with Gasteiger partial charge in [0.25, 0.3) is 0 Å². The van der Waals surface area contributed by atoms with Crippen LogP contribution in [0.5, 0.6) is 5.75 Å². The summed E-state index contributed by atoms with van der Waals surface area (Å²) in [7, 11) is 0. The maximum Gasteiger partial charge on any atom is 0.307 e. The topological polar surface area (TPSA) is 92.8 Å². The van der Waals surface area contributed by atoms with E-state index in [0.717, 1.165) is 11.6 Å². The molecule has 30 heavy (non-hydrogen) atoms. The molecule has 1 aliphatic carbocycles. The summed E-state index contributed by atoms with van der Waals surface area (Å²) >= 11 is 0. The number of allylic oxidation sites excluding steroid dienone is 2. The molecule has 7 heteroatoms. The Morgan fingerprint density at radius 3 is 2.57 bits per heavy atom. The van der Waals surface area contributed by atoms with Crippen LogP contribution in [-0.4, -0.2) is 21.8 Å². The van der Waals surface area contributed by atoms with E-state index in [1.165, 1.54) is 19.1 Å². The first-order chi connectivity index (χ1) is 14.2. The van der Waals surface area contributed by atoms with Crippen molar-refractivity contribution in [3.8, 4) is 5.75 Å². The number of carbonyl (C=O) groups is 1. The number of aliphatic hydroxyl groups excluding tert-OH is 1. The number of hydrogen-bond acceptors (Lipinski definition) is 4. The van der Waals surface area contributed by atoms with Crippen molar-refractivity contribution in [1.29, 1.82) is 0 Å². The van der Waals surface area contributed by atoms with Gasteiger partial charge in [0.1, 0.15) is 11.6 Å². The van der Waals surface area contributed by atoms with Crippen LogP contribution in [0.3, 0.4) is 0 Å². The molecule has 1 atom stereocenters. The van der Waals surface area contributed by atoms with Gasteiger partial charge in [-0.05, 0) is 31.1 Å². The van der Waals surface area contributed by atoms with Crippen molar-refractivity contribution in [2.75, 3.05) is 0 Å². The smallest absolute Gasteiger partial charge is 0.307 e. The fourth-order valence-corrected chi connectivity index (χ4v) is 3.39. The maximum atomic E-state index is 15.0. The van der Waals surface area contributed by atoms with E-state index >= 15 is 4.39 Å². The number of aliphatic hydroxyl groups is 1. The van der Waals surface area contributed by atoms with Crippen LogP contribution in [0.15, 0.2) is 54.1 Å². The summed E-state index contributed by atoms with van der Waals surface area (Å²) in [6.07, 6.45) is 1.35. The number of nitrogens with two attached hydrogens (primary N) is 1. The highest BCUT2D eigenvalue weighted by molar-refractivity contribution is 5.82. The first-order valence-corrected chi connectivity index (χ1v) is 9.53. The van der Waals surface area contributed by atoms with E-state index in [-0.39, 0.29) is 35.4 Å². The predicted octanol–water partition coefficient (Wildman–Crippen LogP) is 4.45. The van der Waals surface area contributed by atoms with Gasteiger partial charge in [0.2, 0.25) is 5.60 Å². The average molecular weight is 415 g/mol. The third-order valence-electron chi connectivity index (χ3n) is 5.22. The van der Waals surface area contributed by atoms with Crippen molar-refractivity contribution in [1.82, 2.24) is 0 Å². The van der Waals surface area contributed by atoms with Crippen molar-refractivity contribution < 1.29 is 28.5 Å². The van der Waals surface area contributed by atoms with E-state index in [1.807, 2.05) is 6.92 Å². The van der Waals surface area contributed by atoms with E-state index in [2.05, 4.69) is 0 Å². The molecular formula is C23H23F2NO4. The number of ether oxygens (including phenoxy) is 1. The second-order valence-electron chi connectivity index (χ2n) is 7.24. The van der Waals surface area contributed by atoms with Crippen molar-refractivity contribution in [3.05, 3.63) is 82.1 Å². The number of aryl methyl sites for hydroxylation is 1. The predicted molar refractivity (Wildman–Crippen MR) is 109 cm³/mol. The number of carboxylic acids is 1. The number of rotatable bonds is 7. The molecule has 0 amide bonds. The standard InChI is InChI=1S/C23H23F2NO4/c1-3-13-7-8-14(10-20(27)28)18(9-13)30-23(2)19(24)11-17(22(23)29)16-6-4-5-15(12-26)21(16)25/h4-9,11,29H,3,10,12,26H2,1-2H3,(H,27,28). The van der Waals surface area contributed by atoms with E-state index in [1.54, 1.807) is 24.3 Å². The summed E-state index contributed by atoms with van der Waals surface area (Å²) in [6.45, 7) is 3.18. The van der Waals surface area contributed by atoms with Gasteiger partial charge in [-0.3, -0.25) is 4.79 Å². The quantitative estimate of drug-likeness (QED) is 0.621. The summed E-state index contributed by atoms with van der Waals surface area (Å²) in [5.74, 6) is -2.90. The molecule has 2 aromatic carbocycles. The summed E-state index contributed by atoms with van der Waals surface area (Å²) in [5, 5.41) is 20.0. The number of hydrogen-bond donors (Lipinski definition) is 3. The lowest BCUT2D eigenvalue weighted by Gasteiger charge is -2.27. The number of halogens is 2. The van der Waals surface area contributed by atoms with Crippen LogP contribution in [0.1, 0.15) is 36.1 Å².